The van der Waals surface area contributed by atoms with E-state index in [2.05, 4.69) is 5.32 Å². The highest BCUT2D eigenvalue weighted by atomic mass is 16.3. The zero-order valence-electron chi connectivity index (χ0n) is 7.92. The maximum Gasteiger partial charge on any atom is 0.264 e. The number of primary amides is 1. The van der Waals surface area contributed by atoms with Gasteiger partial charge in [0, 0.05) is 26.2 Å². The minimum Gasteiger partial charge on any atom is -0.367 e. The first-order valence-electron chi connectivity index (χ1n) is 4.59. The highest BCUT2D eigenvalue weighted by Gasteiger charge is 2.38. The van der Waals surface area contributed by atoms with Gasteiger partial charge < -0.3 is 16.2 Å². The molecule has 0 aromatic heterocycles. The standard InChI is InChI=1S/C8H17N3O2/c1-2-8(13,7(9)12)11-5-3-10-4-6-11/h10,13H,2-6H2,1H3,(H2,9,12). The number of nitrogens with one attached hydrogen (secondary N) is 1. The lowest BCUT2D eigenvalue weighted by Gasteiger charge is -2.39. The van der Waals surface area contributed by atoms with Crippen LogP contribution in [-0.4, -0.2) is 47.8 Å². The van der Waals surface area contributed by atoms with Crippen molar-refractivity contribution in [3.63, 3.8) is 0 Å². The fourth-order valence-electron chi connectivity index (χ4n) is 1.59. The van der Waals surface area contributed by atoms with Crippen molar-refractivity contribution >= 4 is 5.91 Å². The number of rotatable bonds is 3. The van der Waals surface area contributed by atoms with Crippen molar-refractivity contribution in [2.24, 2.45) is 5.73 Å². The van der Waals surface area contributed by atoms with Gasteiger partial charge in [-0.15, -0.1) is 0 Å². The Balaban J connectivity index is 2.68. The zero-order chi connectivity index (χ0) is 9.90. The normalized spacial score (nSPS) is 23.8. The Bertz CT molecular complexity index is 192. The maximum atomic E-state index is 11.1. The van der Waals surface area contributed by atoms with Crippen LogP contribution in [0, 0.1) is 0 Å². The zero-order valence-corrected chi connectivity index (χ0v) is 7.92. The third-order valence-electron chi connectivity index (χ3n) is 2.53. The van der Waals surface area contributed by atoms with Gasteiger partial charge in [-0.25, -0.2) is 0 Å². The van der Waals surface area contributed by atoms with Crippen LogP contribution >= 0.6 is 0 Å². The fourth-order valence-corrected chi connectivity index (χ4v) is 1.59. The van der Waals surface area contributed by atoms with Crippen LogP contribution in [0.4, 0.5) is 0 Å². The highest BCUT2D eigenvalue weighted by molar-refractivity contribution is 5.82. The number of carbonyl (C=O) groups excluding carboxylic acids is 1. The minimum atomic E-state index is -1.46. The van der Waals surface area contributed by atoms with E-state index in [0.29, 0.717) is 19.5 Å². The van der Waals surface area contributed by atoms with Gasteiger partial charge in [0.05, 0.1) is 0 Å². The molecule has 0 bridgehead atoms. The lowest BCUT2D eigenvalue weighted by molar-refractivity contribution is -0.162. The van der Waals surface area contributed by atoms with Crippen LogP contribution in [0.1, 0.15) is 13.3 Å². The van der Waals surface area contributed by atoms with Crippen molar-refractivity contribution in [1.82, 2.24) is 10.2 Å². The van der Waals surface area contributed by atoms with E-state index in [1.54, 1.807) is 11.8 Å². The predicted molar refractivity (Wildman–Crippen MR) is 48.9 cm³/mol. The minimum absolute atomic E-state index is 0.336. The Morgan fingerprint density at radius 3 is 2.54 bits per heavy atom. The summed E-state index contributed by atoms with van der Waals surface area (Å²) in [5.41, 5.74) is 3.71. The smallest absolute Gasteiger partial charge is 0.264 e. The number of carbonyl (C=O) groups is 1. The molecule has 1 saturated heterocycles. The summed E-state index contributed by atoms with van der Waals surface area (Å²) < 4.78 is 0. The first kappa shape index (κ1) is 10.4. The topological polar surface area (TPSA) is 78.6 Å². The Morgan fingerprint density at radius 1 is 1.62 bits per heavy atom. The predicted octanol–water partition coefficient (Wildman–Crippen LogP) is -1.52. The van der Waals surface area contributed by atoms with Crippen LogP contribution < -0.4 is 11.1 Å². The summed E-state index contributed by atoms with van der Waals surface area (Å²) in [5.74, 6) is -0.656. The second-order valence-electron chi connectivity index (χ2n) is 3.27. The summed E-state index contributed by atoms with van der Waals surface area (Å²) in [7, 11) is 0. The number of piperazine rings is 1. The molecule has 4 N–H and O–H groups in total. The van der Waals surface area contributed by atoms with E-state index in [4.69, 9.17) is 5.73 Å². The second-order valence-corrected chi connectivity index (χ2v) is 3.27. The summed E-state index contributed by atoms with van der Waals surface area (Å²) in [4.78, 5) is 12.8. The van der Waals surface area contributed by atoms with Crippen molar-refractivity contribution in [3.05, 3.63) is 0 Å². The Morgan fingerprint density at radius 2 is 2.15 bits per heavy atom. The molecule has 0 aromatic carbocycles. The van der Waals surface area contributed by atoms with Crippen LogP contribution in [-0.2, 0) is 4.79 Å². The van der Waals surface area contributed by atoms with Crippen LogP contribution in [0.2, 0.25) is 0 Å². The molecule has 1 rings (SSSR count). The Kier molecular flexibility index (Phi) is 3.24. The van der Waals surface area contributed by atoms with Crippen molar-refractivity contribution in [2.45, 2.75) is 19.1 Å². The van der Waals surface area contributed by atoms with Gasteiger partial charge in [0.15, 0.2) is 5.72 Å². The van der Waals surface area contributed by atoms with Crippen LogP contribution in [0.25, 0.3) is 0 Å². The summed E-state index contributed by atoms with van der Waals surface area (Å²) in [6.07, 6.45) is 0.336. The van der Waals surface area contributed by atoms with Gasteiger partial charge in [-0.2, -0.15) is 0 Å². The largest absolute Gasteiger partial charge is 0.367 e. The third-order valence-corrected chi connectivity index (χ3v) is 2.53. The lowest BCUT2D eigenvalue weighted by atomic mass is 10.1. The van der Waals surface area contributed by atoms with Crippen LogP contribution in [0.15, 0.2) is 0 Å². The molecule has 1 heterocycles. The van der Waals surface area contributed by atoms with Gasteiger partial charge in [-0.3, -0.25) is 9.69 Å². The van der Waals surface area contributed by atoms with Gasteiger partial charge in [0.1, 0.15) is 0 Å². The molecule has 1 fully saturated rings. The first-order valence-corrected chi connectivity index (χ1v) is 4.59. The van der Waals surface area contributed by atoms with Crippen LogP contribution in [0.5, 0.6) is 0 Å². The second kappa shape index (κ2) is 4.04. The number of aliphatic hydroxyl groups is 1. The average molecular weight is 187 g/mol. The molecule has 1 atom stereocenters. The Labute approximate surface area is 77.9 Å². The van der Waals surface area contributed by atoms with Crippen molar-refractivity contribution in [1.29, 1.82) is 0 Å². The summed E-state index contributed by atoms with van der Waals surface area (Å²) in [5, 5.41) is 13.1. The third kappa shape index (κ3) is 1.99. The monoisotopic (exact) mass is 187 g/mol. The molecule has 5 heteroatoms. The number of nitrogens with zero attached hydrogens (tertiary/aromatic N) is 1. The average Bonchev–Trinajstić information content (AvgIpc) is 2.17. The quantitative estimate of drug-likeness (QED) is 0.501. The van der Waals surface area contributed by atoms with Gasteiger partial charge >= 0.3 is 0 Å². The number of nitrogens with two attached hydrogens (primary N) is 1. The summed E-state index contributed by atoms with van der Waals surface area (Å²) in [6, 6.07) is 0. The van der Waals surface area contributed by atoms with E-state index in [1.807, 2.05) is 0 Å². The van der Waals surface area contributed by atoms with Crippen molar-refractivity contribution in [3.8, 4) is 0 Å². The van der Waals surface area contributed by atoms with Crippen LogP contribution in [0.3, 0.4) is 0 Å². The SMILES string of the molecule is CCC(O)(C(N)=O)N1CCNCC1. The molecule has 1 aliphatic heterocycles. The molecule has 1 aliphatic rings. The fraction of sp³-hybridized carbons (Fsp3) is 0.875. The Hall–Kier alpha value is -0.650. The van der Waals surface area contributed by atoms with Gasteiger partial charge in [0.2, 0.25) is 0 Å². The first-order chi connectivity index (χ1) is 6.11. The molecule has 1 amide bonds. The van der Waals surface area contributed by atoms with E-state index >= 15 is 0 Å². The van der Waals surface area contributed by atoms with E-state index in [-0.39, 0.29) is 0 Å². The molecule has 0 aliphatic carbocycles. The molecule has 5 nitrogen and oxygen atoms in total. The van der Waals surface area contributed by atoms with Crippen molar-refractivity contribution < 1.29 is 9.90 Å². The van der Waals surface area contributed by atoms with E-state index in [9.17, 15) is 9.90 Å². The number of hydrogen-bond acceptors (Lipinski definition) is 4. The summed E-state index contributed by atoms with van der Waals surface area (Å²) >= 11 is 0. The van der Waals surface area contributed by atoms with Gasteiger partial charge in [-0.05, 0) is 6.42 Å². The van der Waals surface area contributed by atoms with Gasteiger partial charge in [0.25, 0.3) is 5.91 Å². The molecular formula is C8H17N3O2. The van der Waals surface area contributed by atoms with E-state index in [1.165, 1.54) is 0 Å². The molecule has 13 heavy (non-hydrogen) atoms. The molecule has 0 spiro atoms. The highest BCUT2D eigenvalue weighted by Crippen LogP contribution is 2.16. The van der Waals surface area contributed by atoms with Crippen molar-refractivity contribution in [2.75, 3.05) is 26.2 Å². The molecule has 0 saturated carbocycles. The molecule has 0 aromatic rings. The van der Waals surface area contributed by atoms with E-state index in [0.717, 1.165) is 13.1 Å². The molecule has 0 radical (unpaired) electrons. The summed E-state index contributed by atoms with van der Waals surface area (Å²) in [6.45, 7) is 4.65. The molecular weight excluding hydrogens is 170 g/mol. The van der Waals surface area contributed by atoms with E-state index < -0.39 is 11.6 Å². The molecule has 1 unspecified atom stereocenters. The molecule has 76 valence electrons. The maximum absolute atomic E-state index is 11.1. The number of amides is 1. The number of hydrogen-bond donors (Lipinski definition) is 3. The van der Waals surface area contributed by atoms with Gasteiger partial charge in [-0.1, -0.05) is 6.92 Å². The lowest BCUT2D eigenvalue weighted by Crippen LogP contribution is -2.62.